The number of ether oxygens (including phenoxy) is 2. The first-order chi connectivity index (χ1) is 14.0. The Balaban J connectivity index is -0.000000801. The number of aromatic nitrogens is 2. The third kappa shape index (κ3) is 9.23. The van der Waals surface area contributed by atoms with Gasteiger partial charge >= 0.3 is 0 Å². The molecule has 35 heavy (non-hydrogen) atoms. The molecule has 0 radical (unpaired) electrons. The zero-order valence-electron chi connectivity index (χ0n) is 20.0. The number of anilines is 2. The number of nitrogens with zero attached hydrogens (tertiary/aromatic N) is 5. The number of nitrogens with one attached hydrogen (secondary N) is 1. The highest BCUT2D eigenvalue weighted by Crippen LogP contribution is 2.34. The molecule has 1 fully saturated rings. The Morgan fingerprint density at radius 1 is 1.06 bits per heavy atom. The van der Waals surface area contributed by atoms with Crippen molar-refractivity contribution in [2.45, 2.75) is 0 Å². The lowest BCUT2D eigenvalue weighted by molar-refractivity contribution is 0.184. The highest BCUT2D eigenvalue weighted by Gasteiger charge is 2.26. The van der Waals surface area contributed by atoms with E-state index in [0.717, 1.165) is 13.1 Å². The van der Waals surface area contributed by atoms with Gasteiger partial charge in [0.1, 0.15) is 17.5 Å². The third-order valence-electron chi connectivity index (χ3n) is 4.73. The van der Waals surface area contributed by atoms with E-state index in [9.17, 15) is 4.79 Å². The summed E-state index contributed by atoms with van der Waals surface area (Å²) >= 11 is 0. The Bertz CT molecular complexity index is 949. The topological polar surface area (TPSA) is 235 Å². The normalized spacial score (nSPS) is 12.5. The smallest absolute Gasteiger partial charge is 0.232 e. The minimum Gasteiger partial charge on any atom is -0.493 e. The van der Waals surface area contributed by atoms with E-state index in [1.807, 2.05) is 25.0 Å². The van der Waals surface area contributed by atoms with Crippen LogP contribution < -0.4 is 25.5 Å². The summed E-state index contributed by atoms with van der Waals surface area (Å²) in [6, 6.07) is 3.50. The summed E-state index contributed by atoms with van der Waals surface area (Å²) in [5, 5.41) is 2.66. The van der Waals surface area contributed by atoms with Gasteiger partial charge in [-0.2, -0.15) is 4.98 Å². The van der Waals surface area contributed by atoms with Crippen molar-refractivity contribution in [1.82, 2.24) is 25.3 Å². The van der Waals surface area contributed by atoms with Crippen molar-refractivity contribution >= 4 is 53.4 Å². The fourth-order valence-corrected chi connectivity index (χ4v) is 3.16. The van der Waals surface area contributed by atoms with Gasteiger partial charge in [-0.15, -0.1) is 24.8 Å². The summed E-state index contributed by atoms with van der Waals surface area (Å²) in [5.41, 5.74) is 10.6. The molecule has 0 saturated carbocycles. The van der Waals surface area contributed by atoms with Gasteiger partial charge in [0.2, 0.25) is 5.95 Å². The molecule has 0 unspecified atom stereocenters. The number of hydrazine groups is 1. The lowest BCUT2D eigenvalue weighted by atomic mass is 10.2. The fourth-order valence-electron chi connectivity index (χ4n) is 3.16. The van der Waals surface area contributed by atoms with Crippen LogP contribution >= 0.6 is 24.8 Å². The van der Waals surface area contributed by atoms with Crippen molar-refractivity contribution in [3.63, 3.8) is 0 Å². The van der Waals surface area contributed by atoms with Crippen LogP contribution in [0.2, 0.25) is 0 Å². The van der Waals surface area contributed by atoms with E-state index >= 15 is 0 Å². The van der Waals surface area contributed by atoms with Crippen LogP contribution in [0.15, 0.2) is 17.8 Å². The maximum absolute atomic E-state index is 11.6. The Morgan fingerprint density at radius 3 is 2.20 bits per heavy atom. The standard InChI is InChI=1S/C19H27N7O3.2ClH.4H2O/c1-24(2)6-5-21-25-7-8-26(13(11-25)12-27)19-22-15-10-17(29-4)16(28-3)9-14(15)18(20)23-19;;;;;;/h9-10,21H,5-8,11H2,1-4H3,(H2,20,22,23);2*1H;4*1H2. The number of nitrogens with two attached hydrogens (primary N) is 1. The number of hydrogen-bond donors (Lipinski definition) is 2. The molecule has 1 saturated heterocycles. The number of hydrogen-bond acceptors (Lipinski definition) is 10. The zero-order valence-corrected chi connectivity index (χ0v) is 21.7. The molecule has 14 nitrogen and oxygen atoms in total. The van der Waals surface area contributed by atoms with Crippen LogP contribution in [0.4, 0.5) is 11.8 Å². The van der Waals surface area contributed by atoms with Crippen LogP contribution in [0.25, 0.3) is 10.9 Å². The highest BCUT2D eigenvalue weighted by atomic mass is 35.5. The summed E-state index contributed by atoms with van der Waals surface area (Å²) in [6.07, 6.45) is 0. The van der Waals surface area contributed by atoms with Crippen LogP contribution in [0.5, 0.6) is 11.5 Å². The van der Waals surface area contributed by atoms with Gasteiger partial charge in [-0.1, -0.05) is 0 Å². The molecule has 0 amide bonds. The van der Waals surface area contributed by atoms with Crippen LogP contribution in [-0.4, -0.2) is 109 Å². The number of fused-ring (bicyclic) bond motifs is 1. The number of likely N-dealkylation sites (N-methyl/N-ethyl adjacent to an activating group) is 1. The van der Waals surface area contributed by atoms with E-state index < -0.39 is 0 Å². The number of halogens is 2. The maximum Gasteiger partial charge on any atom is 0.232 e. The molecule has 2 aromatic rings. The van der Waals surface area contributed by atoms with Crippen LogP contribution in [0.3, 0.4) is 0 Å². The molecule has 0 spiro atoms. The van der Waals surface area contributed by atoms with Gasteiger partial charge in [0.05, 0.1) is 26.3 Å². The summed E-state index contributed by atoms with van der Waals surface area (Å²) in [4.78, 5) is 24.5. The first-order valence-corrected chi connectivity index (χ1v) is 9.30. The Morgan fingerprint density at radius 2 is 1.66 bits per heavy atom. The highest BCUT2D eigenvalue weighted by molar-refractivity contribution is 5.92. The number of methoxy groups -OCH3 is 2. The molecule has 3 rings (SSSR count). The number of carbonyl (C=O) groups excluding carboxylic acids is 1. The zero-order chi connectivity index (χ0) is 21.0. The number of benzene rings is 1. The molecule has 1 aliphatic heterocycles. The average Bonchev–Trinajstić information content (AvgIpc) is 2.72. The predicted octanol–water partition coefficient (Wildman–Crippen LogP) is -2.32. The average molecular weight is 546 g/mol. The van der Waals surface area contributed by atoms with Crippen molar-refractivity contribution in [3.05, 3.63) is 17.8 Å². The van der Waals surface area contributed by atoms with E-state index in [-0.39, 0.29) is 46.7 Å². The molecule has 1 aromatic heterocycles. The molecular weight excluding hydrogens is 509 g/mol. The minimum atomic E-state index is 0. The van der Waals surface area contributed by atoms with E-state index in [1.165, 1.54) is 0 Å². The number of rotatable bonds is 7. The maximum atomic E-state index is 11.6. The van der Waals surface area contributed by atoms with Crippen molar-refractivity contribution in [3.8, 4) is 11.5 Å². The van der Waals surface area contributed by atoms with Crippen molar-refractivity contribution in [2.24, 2.45) is 0 Å². The van der Waals surface area contributed by atoms with Gasteiger partial charge in [-0.05, 0) is 20.2 Å². The van der Waals surface area contributed by atoms with Crippen LogP contribution in [0.1, 0.15) is 0 Å². The Hall–Kier alpha value is -2.49. The first-order valence-electron chi connectivity index (χ1n) is 9.30. The van der Waals surface area contributed by atoms with E-state index in [2.05, 4.69) is 20.3 Å². The van der Waals surface area contributed by atoms with Crippen molar-refractivity contribution in [2.75, 3.05) is 71.7 Å². The minimum absolute atomic E-state index is 0. The van der Waals surface area contributed by atoms with E-state index in [4.69, 9.17) is 15.2 Å². The van der Waals surface area contributed by atoms with Gasteiger partial charge in [0.25, 0.3) is 0 Å². The number of nitrogen functional groups attached to an aromatic ring is 1. The van der Waals surface area contributed by atoms with Gasteiger partial charge < -0.3 is 46.9 Å². The molecule has 2 heterocycles. The second-order valence-corrected chi connectivity index (χ2v) is 6.97. The van der Waals surface area contributed by atoms with Gasteiger partial charge in [0.15, 0.2) is 11.5 Å². The van der Waals surface area contributed by atoms with Gasteiger partial charge in [-0.3, -0.25) is 5.43 Å². The molecule has 0 aliphatic carbocycles. The fraction of sp³-hybridized carbons (Fsp3) is 0.474. The Labute approximate surface area is 216 Å². The van der Waals surface area contributed by atoms with E-state index in [0.29, 0.717) is 59.5 Å². The molecule has 0 atom stereocenters. The third-order valence-corrected chi connectivity index (χ3v) is 4.73. The van der Waals surface area contributed by atoms with Crippen molar-refractivity contribution in [1.29, 1.82) is 0 Å². The Kier molecular flexibility index (Phi) is 20.3. The van der Waals surface area contributed by atoms with Gasteiger partial charge in [0, 0.05) is 37.6 Å². The SMILES string of the molecule is COc1cc2nc(N3CCN(NCCN(C)C)CC3=C=O)nc(N)c2cc1OC.Cl.Cl.O.O.O.O. The predicted molar refractivity (Wildman–Crippen MR) is 141 cm³/mol. The first kappa shape index (κ1) is 39.7. The second-order valence-electron chi connectivity index (χ2n) is 6.97. The molecule has 1 aliphatic rings. The summed E-state index contributed by atoms with van der Waals surface area (Å²) in [5.74, 6) is 3.80. The molecule has 11 N–H and O–H groups in total. The van der Waals surface area contributed by atoms with Gasteiger partial charge in [-0.25, -0.2) is 14.8 Å². The monoisotopic (exact) mass is 545 g/mol. The molecule has 16 heteroatoms. The number of piperazine rings is 1. The van der Waals surface area contributed by atoms with Crippen LogP contribution in [0, 0.1) is 0 Å². The second kappa shape index (κ2) is 17.9. The quantitative estimate of drug-likeness (QED) is 0.352. The van der Waals surface area contributed by atoms with Crippen molar-refractivity contribution < 1.29 is 36.2 Å². The largest absolute Gasteiger partial charge is 0.493 e. The summed E-state index contributed by atoms with van der Waals surface area (Å²) in [7, 11) is 7.15. The lowest BCUT2D eigenvalue weighted by Gasteiger charge is -2.35. The summed E-state index contributed by atoms with van der Waals surface area (Å²) < 4.78 is 10.7. The molecule has 0 bridgehead atoms. The molecular formula is C19H37Cl2N7O7. The lowest BCUT2D eigenvalue weighted by Crippen LogP contribution is -2.52. The summed E-state index contributed by atoms with van der Waals surface area (Å²) in [6.45, 7) is 3.34. The molecule has 204 valence electrons. The van der Waals surface area contributed by atoms with Crippen LogP contribution in [-0.2, 0) is 4.79 Å². The molecule has 1 aromatic carbocycles. The van der Waals surface area contributed by atoms with E-state index in [1.54, 1.807) is 31.3 Å².